The van der Waals surface area contributed by atoms with Crippen molar-refractivity contribution >= 4 is 17.6 Å². The molecule has 0 aromatic heterocycles. The van der Waals surface area contributed by atoms with Crippen LogP contribution < -0.4 is 4.74 Å². The van der Waals surface area contributed by atoms with Crippen LogP contribution in [-0.2, 0) is 4.79 Å². The summed E-state index contributed by atoms with van der Waals surface area (Å²) in [6.45, 7) is 4.99. The Bertz CT molecular complexity index is 796. The van der Waals surface area contributed by atoms with Gasteiger partial charge in [0.15, 0.2) is 0 Å². The summed E-state index contributed by atoms with van der Waals surface area (Å²) < 4.78 is 6.08. The van der Waals surface area contributed by atoms with E-state index in [2.05, 4.69) is 13.8 Å². The third-order valence-electron chi connectivity index (χ3n) is 5.45. The molecule has 0 heterocycles. The lowest BCUT2D eigenvalue weighted by molar-refractivity contribution is -0.139. The fourth-order valence-electron chi connectivity index (χ4n) is 3.63. The molecular weight excluding hydrogens is 372 g/mol. The normalized spacial score (nSPS) is 15.8. The second-order valence-corrected chi connectivity index (χ2v) is 8.47. The van der Waals surface area contributed by atoms with Gasteiger partial charge in [-0.15, -0.1) is 0 Å². The van der Waals surface area contributed by atoms with Crippen LogP contribution in [0.25, 0.3) is 11.1 Å². The summed E-state index contributed by atoms with van der Waals surface area (Å²) in [5.41, 5.74) is 2.76. The second-order valence-electron chi connectivity index (χ2n) is 8.04. The number of carboxylic acid groups (broad SMARTS) is 1. The Morgan fingerprint density at radius 1 is 1.21 bits per heavy atom. The molecular formula is C24H29ClO3. The maximum atomic E-state index is 12.0. The molecule has 3 nitrogen and oxygen atoms in total. The molecule has 0 spiro atoms. The molecule has 0 bridgehead atoms. The predicted molar refractivity (Wildman–Crippen MR) is 114 cm³/mol. The molecule has 2 unspecified atom stereocenters. The van der Waals surface area contributed by atoms with Crippen LogP contribution in [0.15, 0.2) is 42.5 Å². The van der Waals surface area contributed by atoms with Crippen molar-refractivity contribution in [3.63, 3.8) is 0 Å². The van der Waals surface area contributed by atoms with E-state index in [9.17, 15) is 9.90 Å². The van der Waals surface area contributed by atoms with Gasteiger partial charge in [-0.1, -0.05) is 56.5 Å². The molecule has 1 saturated carbocycles. The first kappa shape index (κ1) is 20.7. The SMILES string of the molecule is CCCC(C)CC(C(=O)O)c1ccc(OCC2CC2)c(-c2ccc(Cl)cc2)c1. The van der Waals surface area contributed by atoms with Gasteiger partial charge in [0.25, 0.3) is 0 Å². The lowest BCUT2D eigenvalue weighted by atomic mass is 9.86. The topological polar surface area (TPSA) is 46.5 Å². The molecule has 2 aromatic rings. The van der Waals surface area contributed by atoms with Crippen LogP contribution in [0, 0.1) is 11.8 Å². The molecule has 2 aromatic carbocycles. The molecule has 1 aliphatic carbocycles. The van der Waals surface area contributed by atoms with Gasteiger partial charge in [0, 0.05) is 10.6 Å². The highest BCUT2D eigenvalue weighted by atomic mass is 35.5. The van der Waals surface area contributed by atoms with Gasteiger partial charge in [0.05, 0.1) is 12.5 Å². The fourth-order valence-corrected chi connectivity index (χ4v) is 3.76. The predicted octanol–water partition coefficient (Wildman–Crippen LogP) is 6.79. The third kappa shape index (κ3) is 5.51. The number of hydrogen-bond acceptors (Lipinski definition) is 2. The standard InChI is InChI=1S/C24H29ClO3/c1-3-4-16(2)13-22(24(26)27)19-9-12-23(28-15-17-5-6-17)21(14-19)18-7-10-20(25)11-8-18/h7-12,14,16-17,22H,3-6,13,15H2,1-2H3,(H,26,27). The Hall–Kier alpha value is -2.00. The zero-order chi connectivity index (χ0) is 20.1. The number of carbonyl (C=O) groups is 1. The van der Waals surface area contributed by atoms with Crippen molar-refractivity contribution in [2.75, 3.05) is 6.61 Å². The van der Waals surface area contributed by atoms with E-state index in [-0.39, 0.29) is 0 Å². The summed E-state index contributed by atoms with van der Waals surface area (Å²) >= 11 is 6.05. The Morgan fingerprint density at radius 2 is 1.93 bits per heavy atom. The highest BCUT2D eigenvalue weighted by molar-refractivity contribution is 6.30. The Balaban J connectivity index is 1.93. The van der Waals surface area contributed by atoms with Crippen molar-refractivity contribution in [3.8, 4) is 16.9 Å². The van der Waals surface area contributed by atoms with Gasteiger partial charge in [-0.05, 0) is 66.5 Å². The van der Waals surface area contributed by atoms with Crippen molar-refractivity contribution in [3.05, 3.63) is 53.1 Å². The van der Waals surface area contributed by atoms with Crippen molar-refractivity contribution in [2.45, 2.75) is 51.9 Å². The van der Waals surface area contributed by atoms with Crippen LogP contribution in [0.5, 0.6) is 5.75 Å². The quantitative estimate of drug-likeness (QED) is 0.477. The van der Waals surface area contributed by atoms with Gasteiger partial charge in [-0.2, -0.15) is 0 Å². The average Bonchev–Trinajstić information content (AvgIpc) is 3.50. The largest absolute Gasteiger partial charge is 0.493 e. The minimum Gasteiger partial charge on any atom is -0.493 e. The average molecular weight is 401 g/mol. The summed E-state index contributed by atoms with van der Waals surface area (Å²) in [7, 11) is 0. The molecule has 2 atom stereocenters. The molecule has 4 heteroatoms. The van der Waals surface area contributed by atoms with Gasteiger partial charge in [-0.3, -0.25) is 4.79 Å². The number of halogens is 1. The Morgan fingerprint density at radius 3 is 2.54 bits per heavy atom. The van der Waals surface area contributed by atoms with Crippen molar-refractivity contribution < 1.29 is 14.6 Å². The van der Waals surface area contributed by atoms with Crippen LogP contribution in [-0.4, -0.2) is 17.7 Å². The summed E-state index contributed by atoms with van der Waals surface area (Å²) in [4.78, 5) is 12.0. The molecule has 0 aliphatic heterocycles. The summed E-state index contributed by atoms with van der Waals surface area (Å²) in [6.07, 6.45) is 5.20. The van der Waals surface area contributed by atoms with Gasteiger partial charge in [0.1, 0.15) is 5.75 Å². The van der Waals surface area contributed by atoms with E-state index in [1.54, 1.807) is 0 Å². The van der Waals surface area contributed by atoms with Gasteiger partial charge < -0.3 is 9.84 Å². The maximum absolute atomic E-state index is 12.0. The lowest BCUT2D eigenvalue weighted by Crippen LogP contribution is -2.15. The van der Waals surface area contributed by atoms with Crippen molar-refractivity contribution in [2.24, 2.45) is 11.8 Å². The van der Waals surface area contributed by atoms with Crippen LogP contribution in [0.2, 0.25) is 5.02 Å². The van der Waals surface area contributed by atoms with Crippen molar-refractivity contribution in [1.82, 2.24) is 0 Å². The first-order chi connectivity index (χ1) is 13.5. The molecule has 0 radical (unpaired) electrons. The molecule has 1 N–H and O–H groups in total. The number of benzene rings is 2. The molecule has 3 rings (SSSR count). The molecule has 1 aliphatic rings. The van der Waals surface area contributed by atoms with Gasteiger partial charge in [-0.25, -0.2) is 0 Å². The molecule has 28 heavy (non-hydrogen) atoms. The minimum absolute atomic E-state index is 0.371. The lowest BCUT2D eigenvalue weighted by Gasteiger charge is -2.20. The highest BCUT2D eigenvalue weighted by Gasteiger charge is 2.25. The molecule has 1 fully saturated rings. The first-order valence-corrected chi connectivity index (χ1v) is 10.6. The maximum Gasteiger partial charge on any atom is 0.310 e. The highest BCUT2D eigenvalue weighted by Crippen LogP contribution is 2.37. The number of carboxylic acids is 1. The Labute approximate surface area is 172 Å². The van der Waals surface area contributed by atoms with E-state index >= 15 is 0 Å². The monoisotopic (exact) mass is 400 g/mol. The van der Waals surface area contributed by atoms with E-state index in [1.807, 2.05) is 42.5 Å². The molecule has 0 saturated heterocycles. The summed E-state index contributed by atoms with van der Waals surface area (Å²) in [5, 5.41) is 10.5. The number of hydrogen-bond donors (Lipinski definition) is 1. The number of ether oxygens (including phenoxy) is 1. The van der Waals surface area contributed by atoms with Crippen molar-refractivity contribution in [1.29, 1.82) is 0 Å². The van der Waals surface area contributed by atoms with E-state index in [1.165, 1.54) is 12.8 Å². The molecule has 0 amide bonds. The number of rotatable bonds is 10. The van der Waals surface area contributed by atoms with E-state index in [4.69, 9.17) is 16.3 Å². The first-order valence-electron chi connectivity index (χ1n) is 10.2. The van der Waals surface area contributed by atoms with E-state index in [0.29, 0.717) is 23.3 Å². The van der Waals surface area contributed by atoms with Crippen LogP contribution in [0.1, 0.15) is 57.4 Å². The minimum atomic E-state index is -0.767. The summed E-state index contributed by atoms with van der Waals surface area (Å²) in [5.74, 6) is 0.556. The van der Waals surface area contributed by atoms with E-state index < -0.39 is 11.9 Å². The van der Waals surface area contributed by atoms with Crippen LogP contribution in [0.4, 0.5) is 0 Å². The second kappa shape index (κ2) is 9.47. The van der Waals surface area contributed by atoms with Gasteiger partial charge in [0.2, 0.25) is 0 Å². The van der Waals surface area contributed by atoms with Crippen LogP contribution >= 0.6 is 11.6 Å². The zero-order valence-corrected chi connectivity index (χ0v) is 17.4. The fraction of sp³-hybridized carbons (Fsp3) is 0.458. The number of aliphatic carboxylic acids is 1. The Kier molecular flexibility index (Phi) is 7.01. The van der Waals surface area contributed by atoms with E-state index in [0.717, 1.165) is 41.9 Å². The smallest absolute Gasteiger partial charge is 0.310 e. The third-order valence-corrected chi connectivity index (χ3v) is 5.70. The van der Waals surface area contributed by atoms with Gasteiger partial charge >= 0.3 is 5.97 Å². The molecule has 150 valence electrons. The summed E-state index contributed by atoms with van der Waals surface area (Å²) in [6, 6.07) is 13.5. The zero-order valence-electron chi connectivity index (χ0n) is 16.7. The van der Waals surface area contributed by atoms with Crippen LogP contribution in [0.3, 0.4) is 0 Å².